The number of aromatic nitrogens is 2. The van der Waals surface area contributed by atoms with Crippen molar-refractivity contribution in [3.05, 3.63) is 94.7 Å². The zero-order chi connectivity index (χ0) is 31.8. The minimum absolute atomic E-state index is 0.101. The third-order valence-corrected chi connectivity index (χ3v) is 11.1. The van der Waals surface area contributed by atoms with E-state index in [1.165, 1.54) is 53.1 Å². The summed E-state index contributed by atoms with van der Waals surface area (Å²) in [5.41, 5.74) is 5.93. The SMILES string of the molecule is Cc1cccc2cccc(C3Cc4nc(OCC56CCCN5CCC6)nc(N5CCN(Cc6ccccc6)[C@@H](CC#N)C5)c4CO3)c12. The van der Waals surface area contributed by atoms with Gasteiger partial charge in [0.1, 0.15) is 12.4 Å². The number of piperazine rings is 1. The molecule has 8 rings (SSSR count). The van der Waals surface area contributed by atoms with Gasteiger partial charge >= 0.3 is 6.01 Å². The van der Waals surface area contributed by atoms with E-state index in [1.54, 1.807) is 0 Å². The molecule has 3 fully saturated rings. The molecule has 3 aromatic carbocycles. The Kier molecular flexibility index (Phi) is 8.30. The van der Waals surface area contributed by atoms with Gasteiger partial charge in [-0.25, -0.2) is 0 Å². The summed E-state index contributed by atoms with van der Waals surface area (Å²) in [5.74, 6) is 0.909. The lowest BCUT2D eigenvalue weighted by Gasteiger charge is -2.42. The quantitative estimate of drug-likeness (QED) is 0.223. The molecule has 2 atom stereocenters. The fraction of sp³-hybridized carbons (Fsp3) is 0.462. The molecule has 4 aliphatic rings. The van der Waals surface area contributed by atoms with E-state index in [0.717, 1.165) is 56.3 Å². The number of hydrogen-bond donors (Lipinski definition) is 0. The van der Waals surface area contributed by atoms with Crippen molar-refractivity contribution in [1.29, 1.82) is 5.26 Å². The Morgan fingerprint density at radius 2 is 1.77 bits per heavy atom. The second-order valence-corrected chi connectivity index (χ2v) is 13.9. The molecule has 8 nitrogen and oxygen atoms in total. The van der Waals surface area contributed by atoms with Crippen LogP contribution >= 0.6 is 0 Å². The minimum atomic E-state index is -0.101. The van der Waals surface area contributed by atoms with Crippen molar-refractivity contribution in [2.45, 2.75) is 76.3 Å². The number of nitrogens with zero attached hydrogens (tertiary/aromatic N) is 6. The molecule has 3 saturated heterocycles. The van der Waals surface area contributed by atoms with E-state index in [1.807, 2.05) is 0 Å². The Hall–Kier alpha value is -4.03. The predicted molar refractivity (Wildman–Crippen MR) is 183 cm³/mol. The van der Waals surface area contributed by atoms with Crippen molar-refractivity contribution in [2.75, 3.05) is 44.2 Å². The standard InChI is InChI=1S/C39H44N6O2/c1-28-9-5-12-30-13-6-14-32(36(28)30)35-23-34-33(26-46-35)37(42-38(41-34)47-27-39-16-7-19-45(39)20-8-17-39)44-22-21-43(31(25-44)15-18-40)24-29-10-3-2-4-11-29/h2-6,9-14,31,35H,7-8,15-17,19-27H2,1H3/t31-,35?/m0/s1. The van der Waals surface area contributed by atoms with Crippen molar-refractivity contribution in [3.63, 3.8) is 0 Å². The number of aryl methyl sites for hydroxylation is 1. The van der Waals surface area contributed by atoms with E-state index >= 15 is 0 Å². The number of hydrogen-bond acceptors (Lipinski definition) is 8. The van der Waals surface area contributed by atoms with Gasteiger partial charge in [0.15, 0.2) is 0 Å². The molecule has 242 valence electrons. The zero-order valence-corrected chi connectivity index (χ0v) is 27.4. The molecule has 4 aliphatic heterocycles. The number of anilines is 1. The maximum Gasteiger partial charge on any atom is 0.318 e. The molecule has 1 aromatic heterocycles. The highest BCUT2D eigenvalue weighted by Gasteiger charge is 2.45. The van der Waals surface area contributed by atoms with Crippen LogP contribution < -0.4 is 9.64 Å². The first-order valence-corrected chi connectivity index (χ1v) is 17.4. The third-order valence-electron chi connectivity index (χ3n) is 11.1. The van der Waals surface area contributed by atoms with Gasteiger partial charge in [0.25, 0.3) is 0 Å². The second kappa shape index (κ2) is 12.9. The topological polar surface area (TPSA) is 77.8 Å². The van der Waals surface area contributed by atoms with Gasteiger partial charge in [-0.2, -0.15) is 15.2 Å². The van der Waals surface area contributed by atoms with E-state index in [-0.39, 0.29) is 17.7 Å². The van der Waals surface area contributed by atoms with Crippen LogP contribution in [0.3, 0.4) is 0 Å². The summed E-state index contributed by atoms with van der Waals surface area (Å²) in [4.78, 5) is 17.7. The van der Waals surface area contributed by atoms with Crippen LogP contribution in [0.25, 0.3) is 10.8 Å². The van der Waals surface area contributed by atoms with Gasteiger partial charge in [0, 0.05) is 44.2 Å². The lowest BCUT2D eigenvalue weighted by molar-refractivity contribution is 0.0262. The van der Waals surface area contributed by atoms with Crippen LogP contribution in [0.5, 0.6) is 6.01 Å². The monoisotopic (exact) mass is 628 g/mol. The molecule has 0 amide bonds. The highest BCUT2D eigenvalue weighted by atomic mass is 16.5. The summed E-state index contributed by atoms with van der Waals surface area (Å²) in [6, 6.07) is 26.6. The van der Waals surface area contributed by atoms with E-state index in [0.29, 0.717) is 32.1 Å². The lowest BCUT2D eigenvalue weighted by Crippen LogP contribution is -2.53. The fourth-order valence-electron chi connectivity index (χ4n) is 8.66. The van der Waals surface area contributed by atoms with E-state index in [2.05, 4.69) is 94.4 Å². The van der Waals surface area contributed by atoms with Crippen LogP contribution in [0.1, 0.15) is 66.2 Å². The van der Waals surface area contributed by atoms with Gasteiger partial charge in [-0.05, 0) is 73.2 Å². The lowest BCUT2D eigenvalue weighted by atomic mass is 9.92. The molecule has 1 unspecified atom stereocenters. The maximum absolute atomic E-state index is 9.81. The highest BCUT2D eigenvalue weighted by molar-refractivity contribution is 5.89. The first kappa shape index (κ1) is 30.3. The largest absolute Gasteiger partial charge is 0.461 e. The second-order valence-electron chi connectivity index (χ2n) is 13.9. The van der Waals surface area contributed by atoms with Gasteiger partial charge < -0.3 is 14.4 Å². The van der Waals surface area contributed by atoms with E-state index in [4.69, 9.17) is 19.4 Å². The summed E-state index contributed by atoms with van der Waals surface area (Å²) >= 11 is 0. The summed E-state index contributed by atoms with van der Waals surface area (Å²) < 4.78 is 13.3. The molecule has 5 heterocycles. The van der Waals surface area contributed by atoms with Crippen LogP contribution in [0.4, 0.5) is 5.82 Å². The van der Waals surface area contributed by atoms with Gasteiger partial charge in [-0.1, -0.05) is 66.7 Å². The molecule has 0 saturated carbocycles. The van der Waals surface area contributed by atoms with Crippen LogP contribution in [0, 0.1) is 18.3 Å². The highest BCUT2D eigenvalue weighted by Crippen LogP contribution is 2.41. The first-order valence-electron chi connectivity index (χ1n) is 17.4. The van der Waals surface area contributed by atoms with Gasteiger partial charge in [0.2, 0.25) is 0 Å². The summed E-state index contributed by atoms with van der Waals surface area (Å²) in [6.07, 6.45) is 5.86. The molecule has 0 N–H and O–H groups in total. The molecule has 0 radical (unpaired) electrons. The number of nitriles is 1. The van der Waals surface area contributed by atoms with Crippen LogP contribution in [0.15, 0.2) is 66.7 Å². The number of fused-ring (bicyclic) bond motifs is 3. The fourth-order valence-corrected chi connectivity index (χ4v) is 8.66. The Labute approximate surface area is 277 Å². The first-order chi connectivity index (χ1) is 23.1. The number of benzene rings is 3. The predicted octanol–water partition coefficient (Wildman–Crippen LogP) is 6.36. The molecule has 0 bridgehead atoms. The van der Waals surface area contributed by atoms with Crippen molar-refractivity contribution < 1.29 is 9.47 Å². The zero-order valence-electron chi connectivity index (χ0n) is 27.4. The molecule has 47 heavy (non-hydrogen) atoms. The Morgan fingerprint density at radius 3 is 2.57 bits per heavy atom. The Morgan fingerprint density at radius 1 is 0.957 bits per heavy atom. The molecular formula is C39H44N6O2. The van der Waals surface area contributed by atoms with Crippen molar-refractivity contribution >= 4 is 16.6 Å². The number of rotatable bonds is 8. The van der Waals surface area contributed by atoms with E-state index in [9.17, 15) is 5.26 Å². The normalized spacial score (nSPS) is 22.6. The molecule has 8 heteroatoms. The average Bonchev–Trinajstić information content (AvgIpc) is 3.69. The number of ether oxygens (including phenoxy) is 2. The summed E-state index contributed by atoms with van der Waals surface area (Å²) in [6.45, 7) is 8.83. The minimum Gasteiger partial charge on any atom is -0.461 e. The Bertz CT molecular complexity index is 1770. The summed E-state index contributed by atoms with van der Waals surface area (Å²) in [7, 11) is 0. The smallest absolute Gasteiger partial charge is 0.318 e. The van der Waals surface area contributed by atoms with Crippen LogP contribution in [-0.2, 0) is 24.3 Å². The Balaban J connectivity index is 1.11. The molecule has 0 spiro atoms. The van der Waals surface area contributed by atoms with Gasteiger partial charge in [-0.3, -0.25) is 9.80 Å². The average molecular weight is 629 g/mol. The van der Waals surface area contributed by atoms with Crippen molar-refractivity contribution in [3.8, 4) is 12.1 Å². The van der Waals surface area contributed by atoms with Crippen molar-refractivity contribution in [2.24, 2.45) is 0 Å². The maximum atomic E-state index is 9.81. The third kappa shape index (κ3) is 5.86. The van der Waals surface area contributed by atoms with E-state index < -0.39 is 0 Å². The summed E-state index contributed by atoms with van der Waals surface area (Å²) in [5, 5.41) is 12.3. The van der Waals surface area contributed by atoms with Crippen molar-refractivity contribution in [1.82, 2.24) is 19.8 Å². The van der Waals surface area contributed by atoms with Crippen LogP contribution in [0.2, 0.25) is 0 Å². The van der Waals surface area contributed by atoms with Gasteiger partial charge in [-0.15, -0.1) is 0 Å². The molecule has 0 aliphatic carbocycles. The molecular weight excluding hydrogens is 584 g/mol. The molecule has 4 aromatic rings. The van der Waals surface area contributed by atoms with Gasteiger partial charge in [0.05, 0.1) is 36.4 Å². The van der Waals surface area contributed by atoms with Crippen LogP contribution in [-0.4, -0.2) is 70.7 Å².